The first-order valence-electron chi connectivity index (χ1n) is 6.69. The van der Waals surface area contributed by atoms with Crippen LogP contribution in [0.3, 0.4) is 0 Å². The van der Waals surface area contributed by atoms with Crippen LogP contribution in [-0.4, -0.2) is 34.9 Å². The maximum atomic E-state index is 5.84. The van der Waals surface area contributed by atoms with Crippen LogP contribution in [-0.2, 0) is 8.85 Å². The van der Waals surface area contributed by atoms with E-state index in [0.717, 1.165) is 25.2 Å². The Morgan fingerprint density at radius 1 is 1.25 bits per heavy atom. The van der Waals surface area contributed by atoms with Crippen molar-refractivity contribution < 1.29 is 8.85 Å². The lowest BCUT2D eigenvalue weighted by Crippen LogP contribution is -2.38. The van der Waals surface area contributed by atoms with Crippen LogP contribution < -0.4 is 5.32 Å². The van der Waals surface area contributed by atoms with Gasteiger partial charge in [0.2, 0.25) is 0 Å². The summed E-state index contributed by atoms with van der Waals surface area (Å²) < 4.78 is 11.7. The van der Waals surface area contributed by atoms with Gasteiger partial charge < -0.3 is 14.2 Å². The van der Waals surface area contributed by atoms with Crippen LogP contribution in [0.15, 0.2) is 0 Å². The summed E-state index contributed by atoms with van der Waals surface area (Å²) in [6, 6.07) is 1.14. The minimum absolute atomic E-state index is 0.785. The molecule has 0 spiro atoms. The highest BCUT2D eigenvalue weighted by atomic mass is 28.4. The molecule has 0 aromatic rings. The zero-order chi connectivity index (χ0) is 11.9. The molecule has 1 aliphatic rings. The van der Waals surface area contributed by atoms with Gasteiger partial charge in [-0.2, -0.15) is 0 Å². The lowest BCUT2D eigenvalue weighted by molar-refractivity contribution is 0.187. The summed E-state index contributed by atoms with van der Waals surface area (Å²) >= 11 is 0. The molecule has 0 aromatic carbocycles. The van der Waals surface area contributed by atoms with Crippen molar-refractivity contribution >= 4 is 8.56 Å². The van der Waals surface area contributed by atoms with Crippen LogP contribution in [0.4, 0.5) is 0 Å². The molecule has 1 N–H and O–H groups in total. The molecule has 3 nitrogen and oxygen atoms in total. The van der Waals surface area contributed by atoms with E-state index in [-0.39, 0.29) is 0 Å². The fourth-order valence-corrected chi connectivity index (χ4v) is 4.91. The summed E-state index contributed by atoms with van der Waals surface area (Å²) in [5, 5.41) is 3.42. The van der Waals surface area contributed by atoms with E-state index in [1.54, 1.807) is 0 Å². The highest BCUT2D eigenvalue weighted by Gasteiger charge is 2.30. The van der Waals surface area contributed by atoms with Crippen LogP contribution in [0.1, 0.15) is 33.1 Å². The smallest absolute Gasteiger partial charge is 0.334 e. The van der Waals surface area contributed by atoms with Gasteiger partial charge in [-0.05, 0) is 58.3 Å². The molecule has 0 aliphatic carbocycles. The van der Waals surface area contributed by atoms with Crippen LogP contribution >= 0.6 is 0 Å². The fraction of sp³-hybridized carbons (Fsp3) is 1.00. The summed E-state index contributed by atoms with van der Waals surface area (Å²) in [5.41, 5.74) is 0. The van der Waals surface area contributed by atoms with Gasteiger partial charge in [0, 0.05) is 13.2 Å². The molecule has 1 saturated heterocycles. The third-order valence-corrected chi connectivity index (χ3v) is 6.37. The Kier molecular flexibility index (Phi) is 6.57. The van der Waals surface area contributed by atoms with Gasteiger partial charge >= 0.3 is 8.56 Å². The molecule has 0 radical (unpaired) electrons. The van der Waals surface area contributed by atoms with Gasteiger partial charge in [-0.25, -0.2) is 0 Å². The van der Waals surface area contributed by atoms with E-state index in [2.05, 4.69) is 25.7 Å². The first kappa shape index (κ1) is 14.2. The fourth-order valence-electron chi connectivity index (χ4n) is 2.47. The molecule has 0 amide bonds. The van der Waals surface area contributed by atoms with E-state index in [9.17, 15) is 0 Å². The average molecular weight is 245 g/mol. The molecule has 0 aromatic heterocycles. The van der Waals surface area contributed by atoms with Crippen molar-refractivity contribution in [3.05, 3.63) is 0 Å². The zero-order valence-electron chi connectivity index (χ0n) is 11.1. The van der Waals surface area contributed by atoms with Crippen molar-refractivity contribution in [2.45, 2.75) is 45.7 Å². The largest absolute Gasteiger partial charge is 0.395 e. The van der Waals surface area contributed by atoms with E-state index in [1.807, 2.05) is 0 Å². The summed E-state index contributed by atoms with van der Waals surface area (Å²) in [6.45, 7) is 10.3. The number of nitrogens with one attached hydrogen (secondary N) is 1. The Morgan fingerprint density at radius 2 is 1.94 bits per heavy atom. The highest BCUT2D eigenvalue weighted by molar-refractivity contribution is 6.66. The molecule has 4 heteroatoms. The van der Waals surface area contributed by atoms with Crippen molar-refractivity contribution in [3.8, 4) is 0 Å². The number of rotatable bonds is 8. The van der Waals surface area contributed by atoms with Crippen molar-refractivity contribution in [1.82, 2.24) is 5.32 Å². The van der Waals surface area contributed by atoms with Crippen molar-refractivity contribution in [1.29, 1.82) is 0 Å². The highest BCUT2D eigenvalue weighted by Crippen LogP contribution is 2.21. The normalized spacial score (nSPS) is 21.6. The van der Waals surface area contributed by atoms with Gasteiger partial charge in [-0.1, -0.05) is 6.42 Å². The predicted molar refractivity (Wildman–Crippen MR) is 69.9 cm³/mol. The Labute approximate surface area is 101 Å². The summed E-state index contributed by atoms with van der Waals surface area (Å²) in [7, 11) is -1.84. The van der Waals surface area contributed by atoms with Gasteiger partial charge in [-0.3, -0.25) is 0 Å². The molecule has 1 rings (SSSR count). The van der Waals surface area contributed by atoms with Crippen LogP contribution in [0.25, 0.3) is 0 Å². The second-order valence-electron chi connectivity index (χ2n) is 4.75. The monoisotopic (exact) mass is 245 g/mol. The zero-order valence-corrected chi connectivity index (χ0v) is 12.1. The average Bonchev–Trinajstić information content (AvgIpc) is 2.71. The SMILES string of the molecule is CCO[Si](C)(CCCC1CCNC1)OCC. The van der Waals surface area contributed by atoms with Crippen molar-refractivity contribution in [2.75, 3.05) is 26.3 Å². The molecule has 16 heavy (non-hydrogen) atoms. The van der Waals surface area contributed by atoms with Gasteiger partial charge in [0.1, 0.15) is 0 Å². The maximum absolute atomic E-state index is 5.84. The topological polar surface area (TPSA) is 30.5 Å². The van der Waals surface area contributed by atoms with Crippen LogP contribution in [0.5, 0.6) is 0 Å². The van der Waals surface area contributed by atoms with Gasteiger partial charge in [-0.15, -0.1) is 0 Å². The molecule has 1 atom stereocenters. The second-order valence-corrected chi connectivity index (χ2v) is 8.10. The molecular weight excluding hydrogens is 218 g/mol. The first-order valence-corrected chi connectivity index (χ1v) is 9.21. The summed E-state index contributed by atoms with van der Waals surface area (Å²) in [4.78, 5) is 0. The molecule has 1 aliphatic heterocycles. The first-order chi connectivity index (χ1) is 7.70. The van der Waals surface area contributed by atoms with Gasteiger partial charge in [0.25, 0.3) is 0 Å². The maximum Gasteiger partial charge on any atom is 0.334 e. The standard InChI is InChI=1S/C12H27NO2Si/c1-4-14-16(3,15-5-2)10-6-7-12-8-9-13-11-12/h12-13H,4-11H2,1-3H3. The molecule has 96 valence electrons. The molecule has 1 fully saturated rings. The lowest BCUT2D eigenvalue weighted by atomic mass is 10.0. The number of hydrogen-bond acceptors (Lipinski definition) is 3. The van der Waals surface area contributed by atoms with E-state index in [1.165, 1.54) is 32.4 Å². The minimum atomic E-state index is -1.84. The third kappa shape index (κ3) is 4.95. The number of hydrogen-bond donors (Lipinski definition) is 1. The van der Waals surface area contributed by atoms with E-state index in [4.69, 9.17) is 8.85 Å². The Balaban J connectivity index is 2.20. The molecule has 0 bridgehead atoms. The Hall–Kier alpha value is 0.0969. The minimum Gasteiger partial charge on any atom is -0.395 e. The van der Waals surface area contributed by atoms with Crippen molar-refractivity contribution in [3.63, 3.8) is 0 Å². The van der Waals surface area contributed by atoms with E-state index in [0.29, 0.717) is 0 Å². The Bertz CT molecular complexity index is 178. The molecule has 1 unspecified atom stereocenters. The summed E-state index contributed by atoms with van der Waals surface area (Å²) in [5.74, 6) is 0.890. The summed E-state index contributed by atoms with van der Waals surface area (Å²) in [6.07, 6.45) is 3.94. The second kappa shape index (κ2) is 7.43. The van der Waals surface area contributed by atoms with Gasteiger partial charge in [0.15, 0.2) is 0 Å². The Morgan fingerprint density at radius 3 is 2.44 bits per heavy atom. The van der Waals surface area contributed by atoms with E-state index >= 15 is 0 Å². The van der Waals surface area contributed by atoms with Crippen molar-refractivity contribution in [2.24, 2.45) is 5.92 Å². The quantitative estimate of drug-likeness (QED) is 0.667. The molecule has 0 saturated carbocycles. The van der Waals surface area contributed by atoms with Gasteiger partial charge in [0.05, 0.1) is 0 Å². The lowest BCUT2D eigenvalue weighted by Gasteiger charge is -2.26. The molecular formula is C12H27NO2Si. The third-order valence-electron chi connectivity index (χ3n) is 3.30. The van der Waals surface area contributed by atoms with Crippen LogP contribution in [0, 0.1) is 5.92 Å². The van der Waals surface area contributed by atoms with E-state index < -0.39 is 8.56 Å². The van der Waals surface area contributed by atoms with Crippen LogP contribution in [0.2, 0.25) is 12.6 Å². The predicted octanol–water partition coefficient (Wildman–Crippen LogP) is 2.52. The molecule has 1 heterocycles.